The minimum Gasteiger partial charge on any atom is -0.435 e. The molecule has 0 aliphatic carbocycles. The molecule has 8 heteroatoms. The number of aryl methyl sites for hydroxylation is 1. The number of rotatable bonds is 5. The highest BCUT2D eigenvalue weighted by Gasteiger charge is 2.34. The van der Waals surface area contributed by atoms with Crippen LogP contribution in [0.5, 0.6) is 5.75 Å². The Labute approximate surface area is 162 Å². The van der Waals surface area contributed by atoms with Gasteiger partial charge in [0.05, 0.1) is 4.47 Å². The van der Waals surface area contributed by atoms with Crippen LogP contribution in [0.4, 0.5) is 13.2 Å². The highest BCUT2D eigenvalue weighted by Crippen LogP contribution is 2.32. The quantitative estimate of drug-likeness (QED) is 0.675. The molecule has 0 spiro atoms. The first kappa shape index (κ1) is 19.4. The van der Waals surface area contributed by atoms with Gasteiger partial charge in [-0.2, -0.15) is 8.78 Å². The predicted octanol–water partition coefficient (Wildman–Crippen LogP) is 4.71. The summed E-state index contributed by atoms with van der Waals surface area (Å²) in [5, 5.41) is 0. The highest BCUT2D eigenvalue weighted by molar-refractivity contribution is 9.10. The second-order valence-electron chi connectivity index (χ2n) is 5.98. The van der Waals surface area contributed by atoms with Crippen molar-refractivity contribution in [1.82, 2.24) is 4.90 Å². The zero-order valence-electron chi connectivity index (χ0n) is 14.5. The molecule has 27 heavy (non-hydrogen) atoms. The van der Waals surface area contributed by atoms with E-state index >= 15 is 0 Å². The standard InChI is InChI=1S/C19H16BrF3N2O2/c1-3-10-8-11(5-7-15(10)27-19(22)23)16-18(26)25(2)17(24-16)12-4-6-14(21)13(20)9-12/h4-9,16,19H,3H2,1-2H3. The number of halogens is 4. The van der Waals surface area contributed by atoms with Crippen LogP contribution in [0.25, 0.3) is 0 Å². The van der Waals surface area contributed by atoms with Crippen molar-refractivity contribution in [2.75, 3.05) is 7.05 Å². The Morgan fingerprint density at radius 1 is 1.26 bits per heavy atom. The lowest BCUT2D eigenvalue weighted by atomic mass is 10.0. The molecule has 0 saturated carbocycles. The van der Waals surface area contributed by atoms with Gasteiger partial charge in [-0.15, -0.1) is 0 Å². The lowest BCUT2D eigenvalue weighted by molar-refractivity contribution is -0.126. The fraction of sp³-hybridized carbons (Fsp3) is 0.263. The Morgan fingerprint density at radius 2 is 2.00 bits per heavy atom. The number of carbonyl (C=O) groups excluding carboxylic acids is 1. The van der Waals surface area contributed by atoms with Gasteiger partial charge in [0.15, 0.2) is 6.04 Å². The van der Waals surface area contributed by atoms with E-state index in [0.29, 0.717) is 28.9 Å². The molecule has 1 heterocycles. The highest BCUT2D eigenvalue weighted by atomic mass is 79.9. The van der Waals surface area contributed by atoms with E-state index in [1.165, 1.54) is 17.0 Å². The summed E-state index contributed by atoms with van der Waals surface area (Å²) in [6, 6.07) is 8.23. The number of amides is 1. The molecule has 1 aliphatic rings. The maximum Gasteiger partial charge on any atom is 0.387 e. The van der Waals surface area contributed by atoms with Crippen LogP contribution >= 0.6 is 15.9 Å². The second-order valence-corrected chi connectivity index (χ2v) is 6.83. The van der Waals surface area contributed by atoms with E-state index < -0.39 is 18.5 Å². The van der Waals surface area contributed by atoms with Gasteiger partial charge in [-0.25, -0.2) is 9.38 Å². The Morgan fingerprint density at radius 3 is 2.63 bits per heavy atom. The van der Waals surface area contributed by atoms with Gasteiger partial charge in [-0.1, -0.05) is 13.0 Å². The Hall–Kier alpha value is -2.35. The van der Waals surface area contributed by atoms with E-state index in [1.54, 1.807) is 31.3 Å². The summed E-state index contributed by atoms with van der Waals surface area (Å²) in [4.78, 5) is 18.6. The van der Waals surface area contributed by atoms with Gasteiger partial charge in [0.25, 0.3) is 5.91 Å². The Kier molecular flexibility index (Phi) is 5.55. The number of aliphatic imine (C=N–C) groups is 1. The van der Waals surface area contributed by atoms with Gasteiger partial charge >= 0.3 is 6.61 Å². The van der Waals surface area contributed by atoms with Gasteiger partial charge in [0.1, 0.15) is 17.4 Å². The van der Waals surface area contributed by atoms with Crippen LogP contribution in [0.2, 0.25) is 0 Å². The van der Waals surface area contributed by atoms with E-state index in [-0.39, 0.29) is 16.1 Å². The lowest BCUT2D eigenvalue weighted by Crippen LogP contribution is -2.29. The molecule has 0 N–H and O–H groups in total. The van der Waals surface area contributed by atoms with Crippen LogP contribution in [-0.2, 0) is 11.2 Å². The Bertz CT molecular complexity index is 918. The molecule has 3 rings (SSSR count). The molecule has 0 fully saturated rings. The van der Waals surface area contributed by atoms with Crippen molar-refractivity contribution < 1.29 is 22.7 Å². The van der Waals surface area contributed by atoms with Crippen LogP contribution in [0, 0.1) is 5.82 Å². The SMILES string of the molecule is CCc1cc(C2N=C(c3ccc(F)c(Br)c3)N(C)C2=O)ccc1OC(F)F. The number of amidine groups is 1. The smallest absolute Gasteiger partial charge is 0.387 e. The molecule has 0 bridgehead atoms. The van der Waals surface area contributed by atoms with Gasteiger partial charge in [0.2, 0.25) is 0 Å². The van der Waals surface area contributed by atoms with E-state index in [2.05, 4.69) is 25.7 Å². The van der Waals surface area contributed by atoms with E-state index in [1.807, 2.05) is 6.92 Å². The summed E-state index contributed by atoms with van der Waals surface area (Å²) in [6.07, 6.45) is 0.466. The van der Waals surface area contributed by atoms with E-state index in [0.717, 1.165) is 0 Å². The zero-order chi connectivity index (χ0) is 19.7. The fourth-order valence-electron chi connectivity index (χ4n) is 2.93. The lowest BCUT2D eigenvalue weighted by Gasteiger charge is -2.15. The Balaban J connectivity index is 1.97. The molecular formula is C19H16BrF3N2O2. The van der Waals surface area contributed by atoms with Crippen LogP contribution in [0.15, 0.2) is 45.9 Å². The summed E-state index contributed by atoms with van der Waals surface area (Å²) in [7, 11) is 1.59. The molecule has 1 unspecified atom stereocenters. The minimum absolute atomic E-state index is 0.0849. The van der Waals surface area contributed by atoms with Crippen molar-refractivity contribution in [2.24, 2.45) is 4.99 Å². The molecule has 0 radical (unpaired) electrons. The largest absolute Gasteiger partial charge is 0.435 e. The average Bonchev–Trinajstić information content (AvgIpc) is 2.93. The molecule has 1 aliphatic heterocycles. The first-order valence-corrected chi connectivity index (χ1v) is 8.99. The van der Waals surface area contributed by atoms with Crippen LogP contribution in [0.3, 0.4) is 0 Å². The average molecular weight is 441 g/mol. The minimum atomic E-state index is -2.91. The number of alkyl halides is 2. The maximum absolute atomic E-state index is 13.5. The van der Waals surface area contributed by atoms with E-state index in [9.17, 15) is 18.0 Å². The number of hydrogen-bond donors (Lipinski definition) is 0. The van der Waals surface area contributed by atoms with E-state index in [4.69, 9.17) is 0 Å². The number of hydrogen-bond acceptors (Lipinski definition) is 3. The normalized spacial score (nSPS) is 16.9. The number of benzene rings is 2. The predicted molar refractivity (Wildman–Crippen MR) is 98.6 cm³/mol. The molecule has 1 amide bonds. The molecule has 0 saturated heterocycles. The third kappa shape index (κ3) is 3.85. The summed E-state index contributed by atoms with van der Waals surface area (Å²) in [5.41, 5.74) is 1.74. The molecule has 2 aromatic carbocycles. The molecule has 2 aromatic rings. The fourth-order valence-corrected chi connectivity index (χ4v) is 3.31. The summed E-state index contributed by atoms with van der Waals surface area (Å²) >= 11 is 3.13. The number of carbonyl (C=O) groups is 1. The van der Waals surface area contributed by atoms with Gasteiger partial charge in [0, 0.05) is 12.6 Å². The second kappa shape index (κ2) is 7.72. The van der Waals surface area contributed by atoms with Crippen molar-refractivity contribution in [2.45, 2.75) is 26.0 Å². The number of ether oxygens (including phenoxy) is 1. The molecule has 0 aromatic heterocycles. The van der Waals surface area contributed by atoms with Crippen LogP contribution in [0.1, 0.15) is 29.7 Å². The first-order valence-electron chi connectivity index (χ1n) is 8.20. The molecule has 1 atom stereocenters. The van der Waals surface area contributed by atoms with Gasteiger partial charge < -0.3 is 4.74 Å². The van der Waals surface area contributed by atoms with Crippen molar-refractivity contribution in [3.05, 3.63) is 63.4 Å². The van der Waals surface area contributed by atoms with Crippen LogP contribution < -0.4 is 4.74 Å². The van der Waals surface area contributed by atoms with Crippen LogP contribution in [-0.4, -0.2) is 30.3 Å². The number of nitrogens with zero attached hydrogens (tertiary/aromatic N) is 2. The third-order valence-electron chi connectivity index (χ3n) is 4.31. The summed E-state index contributed by atoms with van der Waals surface area (Å²) in [5.74, 6) is -0.168. The van der Waals surface area contributed by atoms with Gasteiger partial charge in [-0.3, -0.25) is 9.69 Å². The summed E-state index contributed by atoms with van der Waals surface area (Å²) in [6.45, 7) is -1.10. The van der Waals surface area contributed by atoms with Crippen molar-refractivity contribution in [1.29, 1.82) is 0 Å². The van der Waals surface area contributed by atoms with Gasteiger partial charge in [-0.05, 0) is 63.8 Å². The molecule has 142 valence electrons. The van der Waals surface area contributed by atoms with Crippen molar-refractivity contribution in [3.8, 4) is 5.75 Å². The van der Waals surface area contributed by atoms with Crippen molar-refractivity contribution in [3.63, 3.8) is 0 Å². The zero-order valence-corrected chi connectivity index (χ0v) is 16.1. The maximum atomic E-state index is 13.5. The monoisotopic (exact) mass is 440 g/mol. The molecule has 4 nitrogen and oxygen atoms in total. The third-order valence-corrected chi connectivity index (χ3v) is 4.92. The molecular weight excluding hydrogens is 425 g/mol. The van der Waals surface area contributed by atoms with Crippen molar-refractivity contribution >= 4 is 27.7 Å². The summed E-state index contributed by atoms with van der Waals surface area (Å²) < 4.78 is 43.3. The number of likely N-dealkylation sites (N-methyl/N-ethyl adjacent to an activating group) is 1. The first-order chi connectivity index (χ1) is 12.8. The topological polar surface area (TPSA) is 41.9 Å².